The molecule has 33 heavy (non-hydrogen) atoms. The molecule has 1 aromatic rings. The molecule has 0 aromatic heterocycles. The number of nitrogens with zero attached hydrogens (tertiary/aromatic N) is 3. The highest BCUT2D eigenvalue weighted by molar-refractivity contribution is 14.0. The second-order valence-corrected chi connectivity index (χ2v) is 8.49. The second kappa shape index (κ2) is 16.1. The van der Waals surface area contributed by atoms with Crippen LogP contribution >= 0.6 is 24.0 Å². The van der Waals surface area contributed by atoms with Crippen LogP contribution in [0.2, 0.25) is 0 Å². The zero-order valence-corrected chi connectivity index (χ0v) is 23.2. The van der Waals surface area contributed by atoms with Gasteiger partial charge < -0.3 is 25.0 Å². The van der Waals surface area contributed by atoms with Gasteiger partial charge in [0.05, 0.1) is 32.4 Å². The molecule has 0 bridgehead atoms. The molecule has 1 aliphatic heterocycles. The Balaban J connectivity index is 0.00000544. The summed E-state index contributed by atoms with van der Waals surface area (Å²) in [5, 5.41) is 6.54. The van der Waals surface area contributed by atoms with Crippen LogP contribution in [0.1, 0.15) is 37.8 Å². The minimum absolute atomic E-state index is 0. The van der Waals surface area contributed by atoms with Crippen LogP contribution in [0.3, 0.4) is 0 Å². The molecule has 0 aliphatic carbocycles. The number of carbonyl (C=O) groups excluding carboxylic acids is 1. The van der Waals surface area contributed by atoms with Crippen molar-refractivity contribution in [2.75, 3.05) is 60.0 Å². The molecule has 1 amide bonds. The minimum atomic E-state index is 0. The first-order valence-corrected chi connectivity index (χ1v) is 11.7. The standard InChI is InChI=1S/C24H41N5O3.HI/c1-6-20(3)32-22-16-19(2)8-9-21(22)17-26-24(27-18-23(30)28(4)5)25-10-7-11-29-12-14-31-15-13-29;/h8-9,16,20H,6-7,10-15,17-18H2,1-5H3,(H2,25,26,27);1H. The van der Waals surface area contributed by atoms with Gasteiger partial charge >= 0.3 is 0 Å². The number of likely N-dealkylation sites (N-methyl/N-ethyl adjacent to an activating group) is 1. The summed E-state index contributed by atoms with van der Waals surface area (Å²) in [5.74, 6) is 1.51. The Morgan fingerprint density at radius 1 is 1.27 bits per heavy atom. The van der Waals surface area contributed by atoms with E-state index in [0.717, 1.165) is 69.1 Å². The van der Waals surface area contributed by atoms with E-state index in [4.69, 9.17) is 14.5 Å². The summed E-state index contributed by atoms with van der Waals surface area (Å²) in [4.78, 5) is 20.8. The van der Waals surface area contributed by atoms with E-state index in [1.54, 1.807) is 19.0 Å². The second-order valence-electron chi connectivity index (χ2n) is 8.49. The van der Waals surface area contributed by atoms with Crippen LogP contribution < -0.4 is 15.4 Å². The number of benzene rings is 1. The fourth-order valence-corrected chi connectivity index (χ4v) is 3.19. The van der Waals surface area contributed by atoms with Crippen molar-refractivity contribution in [3.63, 3.8) is 0 Å². The number of halogens is 1. The van der Waals surface area contributed by atoms with E-state index in [-0.39, 0.29) is 42.5 Å². The van der Waals surface area contributed by atoms with Crippen LogP contribution in [0.25, 0.3) is 0 Å². The van der Waals surface area contributed by atoms with Crippen molar-refractivity contribution in [1.82, 2.24) is 20.4 Å². The number of carbonyl (C=O) groups is 1. The molecule has 1 aliphatic rings. The molecule has 0 saturated carbocycles. The van der Waals surface area contributed by atoms with Gasteiger partial charge in [0.25, 0.3) is 0 Å². The number of hydrogen-bond donors (Lipinski definition) is 2. The number of aliphatic imine (C=N–C) groups is 1. The SMILES string of the molecule is CCC(C)Oc1cc(C)ccc1CN=C(NCCCN1CCOCC1)NCC(=O)N(C)C.I. The lowest BCUT2D eigenvalue weighted by molar-refractivity contribution is -0.127. The van der Waals surface area contributed by atoms with Gasteiger partial charge in [-0.15, -0.1) is 24.0 Å². The van der Waals surface area contributed by atoms with E-state index in [1.807, 2.05) is 0 Å². The Morgan fingerprint density at radius 2 is 2.00 bits per heavy atom. The number of amides is 1. The summed E-state index contributed by atoms with van der Waals surface area (Å²) in [6, 6.07) is 6.21. The number of morpholine rings is 1. The molecule has 1 fully saturated rings. The van der Waals surface area contributed by atoms with Crippen LogP contribution in [-0.2, 0) is 16.1 Å². The quantitative estimate of drug-likeness (QED) is 0.183. The molecule has 8 nitrogen and oxygen atoms in total. The van der Waals surface area contributed by atoms with Gasteiger partial charge in [-0.3, -0.25) is 9.69 Å². The normalized spacial score (nSPS) is 15.4. The molecular weight excluding hydrogens is 533 g/mol. The molecule has 1 atom stereocenters. The van der Waals surface area contributed by atoms with Crippen molar-refractivity contribution >= 4 is 35.8 Å². The third-order valence-electron chi connectivity index (χ3n) is 5.49. The van der Waals surface area contributed by atoms with E-state index in [1.165, 1.54) is 0 Å². The molecular formula is C24H42IN5O3. The minimum Gasteiger partial charge on any atom is -0.490 e. The lowest BCUT2D eigenvalue weighted by atomic mass is 10.1. The van der Waals surface area contributed by atoms with Crippen molar-refractivity contribution in [3.05, 3.63) is 29.3 Å². The Hall–Kier alpha value is -1.59. The summed E-state index contributed by atoms with van der Waals surface area (Å²) >= 11 is 0. The number of nitrogens with one attached hydrogen (secondary N) is 2. The molecule has 0 radical (unpaired) electrons. The molecule has 2 N–H and O–H groups in total. The van der Waals surface area contributed by atoms with Crippen LogP contribution in [0, 0.1) is 6.92 Å². The first-order valence-electron chi connectivity index (χ1n) is 11.7. The number of hydrogen-bond acceptors (Lipinski definition) is 5. The van der Waals surface area contributed by atoms with Gasteiger partial charge in [0, 0.05) is 39.3 Å². The van der Waals surface area contributed by atoms with Crippen molar-refractivity contribution in [3.8, 4) is 5.75 Å². The van der Waals surface area contributed by atoms with E-state index in [9.17, 15) is 4.79 Å². The Bertz CT molecular complexity index is 739. The average Bonchev–Trinajstić information content (AvgIpc) is 2.79. The zero-order chi connectivity index (χ0) is 23.3. The maximum absolute atomic E-state index is 12.0. The Labute approximate surface area is 216 Å². The summed E-state index contributed by atoms with van der Waals surface area (Å²) in [6.07, 6.45) is 2.09. The summed E-state index contributed by atoms with van der Waals surface area (Å²) < 4.78 is 11.5. The van der Waals surface area contributed by atoms with Crippen LogP contribution in [0.4, 0.5) is 0 Å². The number of rotatable bonds is 11. The third kappa shape index (κ3) is 11.4. The lowest BCUT2D eigenvalue weighted by Crippen LogP contribution is -2.44. The Kier molecular flexibility index (Phi) is 14.4. The highest BCUT2D eigenvalue weighted by Crippen LogP contribution is 2.23. The van der Waals surface area contributed by atoms with Crippen molar-refractivity contribution in [2.24, 2.45) is 4.99 Å². The summed E-state index contributed by atoms with van der Waals surface area (Å²) in [6.45, 7) is 12.3. The fourth-order valence-electron chi connectivity index (χ4n) is 3.19. The van der Waals surface area contributed by atoms with E-state index in [0.29, 0.717) is 12.5 Å². The smallest absolute Gasteiger partial charge is 0.241 e. The third-order valence-corrected chi connectivity index (χ3v) is 5.49. The lowest BCUT2D eigenvalue weighted by Gasteiger charge is -2.26. The van der Waals surface area contributed by atoms with E-state index >= 15 is 0 Å². The predicted molar refractivity (Wildman–Crippen MR) is 145 cm³/mol. The Morgan fingerprint density at radius 3 is 2.67 bits per heavy atom. The summed E-state index contributed by atoms with van der Waals surface area (Å²) in [5.41, 5.74) is 2.19. The van der Waals surface area contributed by atoms with Gasteiger partial charge in [0.15, 0.2) is 5.96 Å². The molecule has 1 unspecified atom stereocenters. The van der Waals surface area contributed by atoms with Crippen LogP contribution in [0.5, 0.6) is 5.75 Å². The van der Waals surface area contributed by atoms with Crippen LogP contribution in [-0.4, -0.2) is 87.8 Å². The first kappa shape index (κ1) is 29.4. The maximum atomic E-state index is 12.0. The van der Waals surface area contributed by atoms with Crippen LogP contribution in [0.15, 0.2) is 23.2 Å². The largest absolute Gasteiger partial charge is 0.490 e. The van der Waals surface area contributed by atoms with Crippen molar-refractivity contribution < 1.29 is 14.3 Å². The highest BCUT2D eigenvalue weighted by Gasteiger charge is 2.11. The van der Waals surface area contributed by atoms with E-state index < -0.39 is 0 Å². The molecule has 1 heterocycles. The number of guanidine groups is 1. The molecule has 1 aromatic carbocycles. The van der Waals surface area contributed by atoms with Gasteiger partial charge in [-0.2, -0.15) is 0 Å². The maximum Gasteiger partial charge on any atom is 0.241 e. The predicted octanol–water partition coefficient (Wildman–Crippen LogP) is 2.64. The number of ether oxygens (including phenoxy) is 2. The first-order chi connectivity index (χ1) is 15.4. The monoisotopic (exact) mass is 575 g/mol. The molecule has 1 saturated heterocycles. The molecule has 188 valence electrons. The average molecular weight is 576 g/mol. The van der Waals surface area contributed by atoms with Gasteiger partial charge in [-0.25, -0.2) is 4.99 Å². The topological polar surface area (TPSA) is 78.4 Å². The van der Waals surface area contributed by atoms with Gasteiger partial charge in [-0.05, 0) is 44.9 Å². The van der Waals surface area contributed by atoms with Crippen molar-refractivity contribution in [1.29, 1.82) is 0 Å². The highest BCUT2D eigenvalue weighted by atomic mass is 127. The molecule has 9 heteroatoms. The molecule has 2 rings (SSSR count). The molecule has 0 spiro atoms. The summed E-state index contributed by atoms with van der Waals surface area (Å²) in [7, 11) is 3.50. The van der Waals surface area contributed by atoms with Gasteiger partial charge in [0.2, 0.25) is 5.91 Å². The van der Waals surface area contributed by atoms with Gasteiger partial charge in [0.1, 0.15) is 5.75 Å². The van der Waals surface area contributed by atoms with Crippen molar-refractivity contribution in [2.45, 2.75) is 46.3 Å². The zero-order valence-electron chi connectivity index (χ0n) is 20.9. The van der Waals surface area contributed by atoms with E-state index in [2.05, 4.69) is 54.5 Å². The fraction of sp³-hybridized carbons (Fsp3) is 0.667. The number of aryl methyl sites for hydroxylation is 1. The van der Waals surface area contributed by atoms with Gasteiger partial charge in [-0.1, -0.05) is 19.1 Å².